The predicted octanol–water partition coefficient (Wildman–Crippen LogP) is 6.77. The van der Waals surface area contributed by atoms with Gasteiger partial charge in [-0.1, -0.05) is 81.6 Å². The zero-order valence-corrected chi connectivity index (χ0v) is 25.3. The Morgan fingerprint density at radius 2 is 1.51 bits per heavy atom. The quantitative estimate of drug-likeness (QED) is 0.285. The molecular formula is C33H45N3O4S. The van der Waals surface area contributed by atoms with Gasteiger partial charge in [-0.25, -0.2) is 5.14 Å². The van der Waals surface area contributed by atoms with Gasteiger partial charge in [0.15, 0.2) is 0 Å². The van der Waals surface area contributed by atoms with Crippen LogP contribution in [0.5, 0.6) is 5.75 Å². The summed E-state index contributed by atoms with van der Waals surface area (Å²) in [5, 5.41) is 4.72. The van der Waals surface area contributed by atoms with Crippen LogP contribution in [0, 0.1) is 0 Å². The van der Waals surface area contributed by atoms with Gasteiger partial charge in [-0.2, -0.15) is 8.42 Å². The van der Waals surface area contributed by atoms with Crippen LogP contribution in [0.2, 0.25) is 0 Å². The van der Waals surface area contributed by atoms with Crippen molar-refractivity contribution in [2.45, 2.75) is 70.9 Å². The summed E-state index contributed by atoms with van der Waals surface area (Å²) in [6, 6.07) is 28.6. The van der Waals surface area contributed by atoms with Crippen molar-refractivity contribution in [3.8, 4) is 5.75 Å². The van der Waals surface area contributed by atoms with Gasteiger partial charge in [0.2, 0.25) is 0 Å². The van der Waals surface area contributed by atoms with Gasteiger partial charge in [0, 0.05) is 17.9 Å². The average Bonchev–Trinajstić information content (AvgIpc) is 2.99. The third-order valence-corrected chi connectivity index (χ3v) is 8.48. The Labute approximate surface area is 246 Å². The van der Waals surface area contributed by atoms with Crippen LogP contribution in [-0.2, 0) is 20.9 Å². The first-order valence-electron chi connectivity index (χ1n) is 15.0. The molecule has 3 aromatic carbocycles. The molecule has 0 bridgehead atoms. The minimum absolute atomic E-state index is 0.168. The van der Waals surface area contributed by atoms with E-state index in [9.17, 15) is 8.42 Å². The Morgan fingerprint density at radius 1 is 0.854 bits per heavy atom. The summed E-state index contributed by atoms with van der Waals surface area (Å²) in [6.07, 6.45) is 6.94. The molecule has 1 saturated carbocycles. The molecule has 0 aromatic heterocycles. The van der Waals surface area contributed by atoms with E-state index in [1.54, 1.807) is 0 Å². The van der Waals surface area contributed by atoms with Crippen molar-refractivity contribution in [1.82, 2.24) is 4.90 Å². The molecule has 41 heavy (non-hydrogen) atoms. The molecule has 7 nitrogen and oxygen atoms in total. The number of benzene rings is 3. The highest BCUT2D eigenvalue weighted by molar-refractivity contribution is 7.84. The molecule has 0 radical (unpaired) electrons. The molecule has 5 rings (SSSR count). The van der Waals surface area contributed by atoms with E-state index in [1.165, 1.54) is 28.9 Å². The van der Waals surface area contributed by atoms with Crippen molar-refractivity contribution in [2.75, 3.05) is 31.1 Å². The van der Waals surface area contributed by atoms with E-state index >= 15 is 0 Å². The highest BCUT2D eigenvalue weighted by Gasteiger charge is 2.28. The molecule has 3 aromatic rings. The van der Waals surface area contributed by atoms with E-state index in [4.69, 9.17) is 9.88 Å². The van der Waals surface area contributed by atoms with Gasteiger partial charge in [0.25, 0.3) is 0 Å². The van der Waals surface area contributed by atoms with Crippen molar-refractivity contribution in [3.05, 3.63) is 90.0 Å². The first-order valence-corrected chi connectivity index (χ1v) is 16.4. The molecule has 222 valence electrons. The van der Waals surface area contributed by atoms with Gasteiger partial charge in [-0.05, 0) is 80.2 Å². The first-order chi connectivity index (χ1) is 19.9. The van der Waals surface area contributed by atoms with Gasteiger partial charge < -0.3 is 14.5 Å². The maximum Gasteiger partial charge on any atom is 0.333 e. The number of nitrogens with two attached hydrogens (primary N) is 1. The molecule has 0 saturated heterocycles. The van der Waals surface area contributed by atoms with E-state index in [2.05, 4.69) is 107 Å². The lowest BCUT2D eigenvalue weighted by Crippen LogP contribution is -2.29. The highest BCUT2D eigenvalue weighted by atomic mass is 32.2. The van der Waals surface area contributed by atoms with Crippen molar-refractivity contribution in [3.63, 3.8) is 0 Å². The maximum atomic E-state index is 10.5. The van der Waals surface area contributed by atoms with Crippen LogP contribution in [0.1, 0.15) is 69.5 Å². The molecule has 0 amide bonds. The zero-order valence-electron chi connectivity index (χ0n) is 24.5. The Hall–Kier alpha value is -2.91. The number of aryl methyl sites for hydroxylation is 1. The summed E-state index contributed by atoms with van der Waals surface area (Å²) in [5.41, 5.74) is 5.32. The van der Waals surface area contributed by atoms with Crippen LogP contribution in [0.3, 0.4) is 0 Å². The number of rotatable bonds is 10. The van der Waals surface area contributed by atoms with Crippen LogP contribution in [0.4, 0.5) is 11.4 Å². The second-order valence-electron chi connectivity index (χ2n) is 10.7. The Bertz CT molecular complexity index is 1290. The number of para-hydroxylation sites is 1. The second-order valence-corrected chi connectivity index (χ2v) is 11.9. The second kappa shape index (κ2) is 15.4. The molecule has 1 atom stereocenters. The van der Waals surface area contributed by atoms with Crippen molar-refractivity contribution < 1.29 is 17.3 Å². The Kier molecular flexibility index (Phi) is 11.6. The van der Waals surface area contributed by atoms with Crippen LogP contribution in [0.25, 0.3) is 0 Å². The SMILES string of the molecule is CCN(CC)CCOc1ccc(N2c3ccccc3CCC2c2ccccc2)cc1.NS(=O)(=O)OC1CCCCC1. The molecule has 1 heterocycles. The summed E-state index contributed by atoms with van der Waals surface area (Å²) in [4.78, 5) is 4.87. The number of nitrogens with zero attached hydrogens (tertiary/aromatic N) is 2. The fourth-order valence-electron chi connectivity index (χ4n) is 5.74. The molecule has 2 aliphatic rings. The third kappa shape index (κ3) is 9.30. The Morgan fingerprint density at radius 3 is 2.17 bits per heavy atom. The third-order valence-electron chi connectivity index (χ3n) is 7.94. The largest absolute Gasteiger partial charge is 0.492 e. The summed E-state index contributed by atoms with van der Waals surface area (Å²) in [5.74, 6) is 0.937. The lowest BCUT2D eigenvalue weighted by Gasteiger charge is -2.39. The predicted molar refractivity (Wildman–Crippen MR) is 167 cm³/mol. The number of hydrogen-bond donors (Lipinski definition) is 1. The number of fused-ring (bicyclic) bond motifs is 1. The van der Waals surface area contributed by atoms with E-state index < -0.39 is 10.3 Å². The molecule has 2 N–H and O–H groups in total. The normalized spacial score (nSPS) is 17.5. The van der Waals surface area contributed by atoms with Crippen molar-refractivity contribution >= 4 is 21.7 Å². The standard InChI is InChI=1S/C27H32N2O.C6H13NO3S/c1-3-28(4-2)20-21-30-25-17-15-24(16-18-25)29-26-13-9-8-12-23(26)14-19-27(29)22-10-6-5-7-11-22;7-11(8,9)10-6-4-2-1-3-5-6/h5-13,15-18,27H,3-4,14,19-21H2,1-2H3;6H,1-5H2,(H2,7,8,9). The molecular weight excluding hydrogens is 534 g/mol. The minimum Gasteiger partial charge on any atom is -0.492 e. The van der Waals surface area contributed by atoms with Crippen LogP contribution in [-0.4, -0.2) is 45.7 Å². The number of likely N-dealkylation sites (N-methyl/N-ethyl adjacent to an activating group) is 1. The first kappa shape index (κ1) is 31.0. The molecule has 0 spiro atoms. The maximum absolute atomic E-state index is 10.5. The number of anilines is 2. The van der Waals surface area contributed by atoms with E-state index in [-0.39, 0.29) is 6.10 Å². The van der Waals surface area contributed by atoms with Gasteiger partial charge in [-0.3, -0.25) is 4.18 Å². The van der Waals surface area contributed by atoms with Crippen molar-refractivity contribution in [2.24, 2.45) is 5.14 Å². The van der Waals surface area contributed by atoms with Crippen LogP contribution < -0.4 is 14.8 Å². The zero-order chi connectivity index (χ0) is 29.1. The lowest BCUT2D eigenvalue weighted by molar-refractivity contribution is 0.162. The molecule has 1 unspecified atom stereocenters. The molecule has 1 aliphatic heterocycles. The molecule has 1 aliphatic carbocycles. The van der Waals surface area contributed by atoms with Gasteiger partial charge in [-0.15, -0.1) is 0 Å². The summed E-state index contributed by atoms with van der Waals surface area (Å²) < 4.78 is 31.5. The van der Waals surface area contributed by atoms with Crippen LogP contribution in [0.15, 0.2) is 78.9 Å². The summed E-state index contributed by atoms with van der Waals surface area (Å²) in [6.45, 7) is 8.20. The average molecular weight is 580 g/mol. The molecule has 1 fully saturated rings. The highest BCUT2D eigenvalue weighted by Crippen LogP contribution is 2.43. The van der Waals surface area contributed by atoms with Crippen LogP contribution >= 0.6 is 0 Å². The fraction of sp³-hybridized carbons (Fsp3) is 0.455. The van der Waals surface area contributed by atoms with E-state index in [0.29, 0.717) is 6.04 Å². The number of ether oxygens (including phenoxy) is 1. The van der Waals surface area contributed by atoms with Gasteiger partial charge in [0.1, 0.15) is 12.4 Å². The minimum atomic E-state index is -3.72. The monoisotopic (exact) mass is 579 g/mol. The lowest BCUT2D eigenvalue weighted by atomic mass is 9.90. The van der Waals surface area contributed by atoms with Gasteiger partial charge >= 0.3 is 10.3 Å². The van der Waals surface area contributed by atoms with E-state index in [1.807, 2.05) is 0 Å². The molecule has 8 heteroatoms. The summed E-state index contributed by atoms with van der Waals surface area (Å²) in [7, 11) is -3.72. The topological polar surface area (TPSA) is 85.1 Å². The van der Waals surface area contributed by atoms with Gasteiger partial charge in [0.05, 0.1) is 12.1 Å². The Balaban J connectivity index is 0.000000296. The fourth-order valence-corrected chi connectivity index (χ4v) is 6.31. The van der Waals surface area contributed by atoms with E-state index in [0.717, 1.165) is 70.5 Å². The smallest absolute Gasteiger partial charge is 0.333 e. The number of hydrogen-bond acceptors (Lipinski definition) is 6. The van der Waals surface area contributed by atoms with Crippen molar-refractivity contribution in [1.29, 1.82) is 0 Å². The summed E-state index contributed by atoms with van der Waals surface area (Å²) >= 11 is 0.